The number of benzene rings is 2. The van der Waals surface area contributed by atoms with Crippen LogP contribution in [0.5, 0.6) is 11.5 Å². The van der Waals surface area contributed by atoms with E-state index in [0.717, 1.165) is 16.9 Å². The Labute approximate surface area is 162 Å². The Morgan fingerprint density at radius 3 is 2.44 bits per heavy atom. The second kappa shape index (κ2) is 7.72. The van der Waals surface area contributed by atoms with Crippen molar-refractivity contribution in [3.63, 3.8) is 0 Å². The Balaban J connectivity index is 1.68. The summed E-state index contributed by atoms with van der Waals surface area (Å²) in [6, 6.07) is 17.7. The highest BCUT2D eigenvalue weighted by Crippen LogP contribution is 2.33. The number of hydrogen-bond donors (Lipinski definition) is 1. The van der Waals surface area contributed by atoms with Gasteiger partial charge in [0.15, 0.2) is 11.5 Å². The van der Waals surface area contributed by atoms with Crippen LogP contribution in [0.15, 0.2) is 70.9 Å². The smallest absolute Gasteiger partial charge is 0.241 e. The van der Waals surface area contributed by atoms with Crippen LogP contribution in [0.25, 0.3) is 0 Å². The first kappa shape index (κ1) is 18.0. The fraction of sp³-hybridized carbons (Fsp3) is 0.200. The zero-order chi connectivity index (χ0) is 18.7. The second-order valence-corrected chi connectivity index (χ2v) is 8.83. The van der Waals surface area contributed by atoms with E-state index in [9.17, 15) is 8.42 Å². The van der Waals surface area contributed by atoms with Gasteiger partial charge in [-0.05, 0) is 29.1 Å². The van der Waals surface area contributed by atoms with E-state index in [-0.39, 0.29) is 4.90 Å². The molecule has 0 aliphatic carbocycles. The van der Waals surface area contributed by atoms with E-state index in [1.54, 1.807) is 12.1 Å². The summed E-state index contributed by atoms with van der Waals surface area (Å²) in [5.41, 5.74) is 0.887. The summed E-state index contributed by atoms with van der Waals surface area (Å²) in [6.45, 7) is 1.07. The van der Waals surface area contributed by atoms with E-state index >= 15 is 0 Å². The molecule has 140 valence electrons. The van der Waals surface area contributed by atoms with Crippen LogP contribution in [0, 0.1) is 0 Å². The summed E-state index contributed by atoms with van der Waals surface area (Å²) < 4.78 is 40.2. The van der Waals surface area contributed by atoms with Gasteiger partial charge in [-0.1, -0.05) is 36.4 Å². The van der Waals surface area contributed by atoms with Crippen LogP contribution in [0.2, 0.25) is 0 Å². The summed E-state index contributed by atoms with van der Waals surface area (Å²) >= 11 is 1.52. The van der Waals surface area contributed by atoms with Crippen LogP contribution in [-0.2, 0) is 10.0 Å². The molecule has 1 aromatic heterocycles. The van der Waals surface area contributed by atoms with E-state index < -0.39 is 16.1 Å². The quantitative estimate of drug-likeness (QED) is 0.702. The van der Waals surface area contributed by atoms with Crippen LogP contribution >= 0.6 is 11.3 Å². The van der Waals surface area contributed by atoms with Crippen LogP contribution in [0.4, 0.5) is 0 Å². The Morgan fingerprint density at radius 1 is 0.926 bits per heavy atom. The van der Waals surface area contributed by atoms with Gasteiger partial charge in [0, 0.05) is 17.4 Å². The first-order valence-corrected chi connectivity index (χ1v) is 11.0. The Kier molecular flexibility index (Phi) is 5.15. The lowest BCUT2D eigenvalue weighted by molar-refractivity contribution is 0.297. The molecule has 0 saturated heterocycles. The molecular weight excluding hydrogens is 382 g/mol. The molecule has 5 nitrogen and oxygen atoms in total. The molecule has 1 aliphatic rings. The largest absolute Gasteiger partial charge is 0.490 e. The highest BCUT2D eigenvalue weighted by Gasteiger charge is 2.25. The standard InChI is InChI=1S/C20H19NO4S2/c22-27(23,16-9-10-17-18(14-16)25-12-5-11-24-17)21-20(19-8-4-13-26-19)15-6-2-1-3-7-15/h1-4,6-10,13-14,20-21H,5,11-12H2/t20-/m1/s1. The van der Waals surface area contributed by atoms with Crippen molar-refractivity contribution in [3.8, 4) is 11.5 Å². The first-order chi connectivity index (χ1) is 13.1. The average Bonchev–Trinajstić information content (AvgIpc) is 3.11. The minimum atomic E-state index is -3.76. The fourth-order valence-corrected chi connectivity index (χ4v) is 5.02. The molecule has 1 aliphatic heterocycles. The third kappa shape index (κ3) is 4.00. The summed E-state index contributed by atoms with van der Waals surface area (Å²) in [5.74, 6) is 1.03. The first-order valence-electron chi connectivity index (χ1n) is 8.64. The molecule has 0 spiro atoms. The molecule has 0 fully saturated rings. The minimum absolute atomic E-state index is 0.157. The Bertz CT molecular complexity index is 1000. The normalized spacial score (nSPS) is 15.1. The lowest BCUT2D eigenvalue weighted by Gasteiger charge is -2.19. The number of fused-ring (bicyclic) bond motifs is 1. The maximum atomic E-state index is 13.1. The van der Waals surface area contributed by atoms with Gasteiger partial charge in [-0.15, -0.1) is 11.3 Å². The molecule has 0 amide bonds. The lowest BCUT2D eigenvalue weighted by Crippen LogP contribution is -2.29. The molecule has 0 radical (unpaired) electrons. The van der Waals surface area contributed by atoms with Gasteiger partial charge in [0.2, 0.25) is 10.0 Å². The van der Waals surface area contributed by atoms with Gasteiger partial charge in [0.25, 0.3) is 0 Å². The van der Waals surface area contributed by atoms with E-state index in [1.165, 1.54) is 17.4 Å². The maximum Gasteiger partial charge on any atom is 0.241 e. The fourth-order valence-electron chi connectivity index (χ4n) is 2.93. The molecule has 0 saturated carbocycles. The zero-order valence-electron chi connectivity index (χ0n) is 14.5. The molecule has 1 N–H and O–H groups in total. The topological polar surface area (TPSA) is 64.6 Å². The molecule has 4 rings (SSSR count). The van der Waals surface area contributed by atoms with Gasteiger partial charge in [-0.2, -0.15) is 4.72 Å². The summed E-state index contributed by atoms with van der Waals surface area (Å²) in [5, 5.41) is 1.94. The number of sulfonamides is 1. The van der Waals surface area contributed by atoms with E-state index in [2.05, 4.69) is 4.72 Å². The molecule has 3 aromatic rings. The van der Waals surface area contributed by atoms with Gasteiger partial charge in [0.05, 0.1) is 24.2 Å². The van der Waals surface area contributed by atoms with Crippen molar-refractivity contribution in [3.05, 3.63) is 76.5 Å². The number of hydrogen-bond acceptors (Lipinski definition) is 5. The van der Waals surface area contributed by atoms with Gasteiger partial charge in [-0.25, -0.2) is 8.42 Å². The minimum Gasteiger partial charge on any atom is -0.490 e. The molecule has 2 heterocycles. The predicted octanol–water partition coefficient (Wildman–Crippen LogP) is 3.98. The monoisotopic (exact) mass is 401 g/mol. The zero-order valence-corrected chi connectivity index (χ0v) is 16.1. The number of nitrogens with one attached hydrogen (secondary N) is 1. The van der Waals surface area contributed by atoms with Gasteiger partial charge >= 0.3 is 0 Å². The third-order valence-electron chi connectivity index (χ3n) is 4.26. The predicted molar refractivity (Wildman–Crippen MR) is 105 cm³/mol. The van der Waals surface area contributed by atoms with Gasteiger partial charge in [0.1, 0.15) is 0 Å². The van der Waals surface area contributed by atoms with E-state index in [0.29, 0.717) is 24.7 Å². The molecule has 0 bridgehead atoms. The maximum absolute atomic E-state index is 13.1. The van der Waals surface area contributed by atoms with E-state index in [1.807, 2.05) is 47.8 Å². The molecule has 1 atom stereocenters. The third-order valence-corrected chi connectivity index (χ3v) is 6.62. The summed E-state index contributed by atoms with van der Waals surface area (Å²) in [4.78, 5) is 1.09. The summed E-state index contributed by atoms with van der Waals surface area (Å²) in [7, 11) is -3.76. The van der Waals surface area contributed by atoms with E-state index in [4.69, 9.17) is 9.47 Å². The van der Waals surface area contributed by atoms with Gasteiger partial charge < -0.3 is 9.47 Å². The molecule has 2 aromatic carbocycles. The van der Waals surface area contributed by atoms with Crippen molar-refractivity contribution in [1.82, 2.24) is 4.72 Å². The molecule has 7 heteroatoms. The SMILES string of the molecule is O=S(=O)(N[C@H](c1ccccc1)c1cccs1)c1ccc2c(c1)OCCCO2. The van der Waals surface area contributed by atoms with Crippen LogP contribution < -0.4 is 14.2 Å². The summed E-state index contributed by atoms with van der Waals surface area (Å²) in [6.07, 6.45) is 0.767. The highest BCUT2D eigenvalue weighted by atomic mass is 32.2. The second-order valence-electron chi connectivity index (χ2n) is 6.14. The Hall–Kier alpha value is -2.35. The number of ether oxygens (including phenoxy) is 2. The van der Waals surface area contributed by atoms with Crippen LogP contribution in [0.1, 0.15) is 22.9 Å². The van der Waals surface area contributed by atoms with Crippen molar-refractivity contribution in [2.24, 2.45) is 0 Å². The van der Waals surface area contributed by atoms with Crippen molar-refractivity contribution < 1.29 is 17.9 Å². The lowest BCUT2D eigenvalue weighted by atomic mass is 10.1. The molecule has 0 unspecified atom stereocenters. The average molecular weight is 402 g/mol. The Morgan fingerprint density at radius 2 is 1.70 bits per heavy atom. The van der Waals surface area contributed by atoms with Crippen molar-refractivity contribution >= 4 is 21.4 Å². The van der Waals surface area contributed by atoms with Crippen molar-refractivity contribution in [1.29, 1.82) is 0 Å². The van der Waals surface area contributed by atoms with Crippen LogP contribution in [0.3, 0.4) is 0 Å². The molecule has 27 heavy (non-hydrogen) atoms. The molecular formula is C20H19NO4S2. The van der Waals surface area contributed by atoms with Crippen molar-refractivity contribution in [2.75, 3.05) is 13.2 Å². The number of thiophene rings is 1. The number of rotatable bonds is 5. The van der Waals surface area contributed by atoms with Crippen LogP contribution in [-0.4, -0.2) is 21.6 Å². The highest BCUT2D eigenvalue weighted by molar-refractivity contribution is 7.89. The van der Waals surface area contributed by atoms with Gasteiger partial charge in [-0.3, -0.25) is 0 Å². The van der Waals surface area contributed by atoms with Crippen molar-refractivity contribution in [2.45, 2.75) is 17.4 Å².